The van der Waals surface area contributed by atoms with E-state index in [4.69, 9.17) is 0 Å². The number of aromatic amines is 1. The zero-order chi connectivity index (χ0) is 19.1. The molecule has 0 aromatic carbocycles. The summed E-state index contributed by atoms with van der Waals surface area (Å²) in [6.07, 6.45) is 1.43. The third-order valence-corrected chi connectivity index (χ3v) is 7.84. The summed E-state index contributed by atoms with van der Waals surface area (Å²) in [4.78, 5) is 15.2. The Morgan fingerprint density at radius 2 is 1.93 bits per heavy atom. The average molecular weight is 420 g/mol. The van der Waals surface area contributed by atoms with Gasteiger partial charge in [-0.2, -0.15) is 9.40 Å². The number of hydrogen-bond acceptors (Lipinski definition) is 5. The number of rotatable bonds is 3. The molecule has 0 radical (unpaired) electrons. The molecule has 1 amide bonds. The van der Waals surface area contributed by atoms with Crippen LogP contribution in [0.2, 0.25) is 0 Å². The number of piperazine rings is 1. The van der Waals surface area contributed by atoms with Crippen LogP contribution in [0.15, 0.2) is 4.90 Å². The van der Waals surface area contributed by atoms with Gasteiger partial charge in [0.15, 0.2) is 0 Å². The Labute approximate surface area is 167 Å². The first-order chi connectivity index (χ1) is 12.2. The van der Waals surface area contributed by atoms with Gasteiger partial charge in [-0.25, -0.2) is 8.42 Å². The molecule has 1 aromatic rings. The fourth-order valence-electron chi connectivity index (χ4n) is 4.01. The normalized spacial score (nSPS) is 27.3. The van der Waals surface area contributed by atoms with Gasteiger partial charge in [0.05, 0.1) is 17.3 Å². The van der Waals surface area contributed by atoms with Crippen molar-refractivity contribution >= 4 is 28.3 Å². The van der Waals surface area contributed by atoms with E-state index in [9.17, 15) is 13.2 Å². The van der Waals surface area contributed by atoms with E-state index in [0.29, 0.717) is 30.9 Å². The van der Waals surface area contributed by atoms with Crippen LogP contribution in [0.3, 0.4) is 0 Å². The molecular weight excluding hydrogens is 390 g/mol. The van der Waals surface area contributed by atoms with E-state index in [0.717, 1.165) is 13.0 Å². The molecule has 1 aromatic heterocycles. The Balaban J connectivity index is 0.00000261. The number of aromatic nitrogens is 2. The molecule has 0 aliphatic carbocycles. The molecule has 10 heteroatoms. The fraction of sp³-hybridized carbons (Fsp3) is 0.765. The molecule has 2 N–H and O–H groups in total. The van der Waals surface area contributed by atoms with Crippen LogP contribution < -0.4 is 5.32 Å². The van der Waals surface area contributed by atoms with Gasteiger partial charge in [0, 0.05) is 38.3 Å². The highest BCUT2D eigenvalue weighted by atomic mass is 35.5. The Morgan fingerprint density at radius 3 is 2.56 bits per heavy atom. The van der Waals surface area contributed by atoms with Gasteiger partial charge in [-0.3, -0.25) is 9.89 Å². The summed E-state index contributed by atoms with van der Waals surface area (Å²) in [5.41, 5.74) is 1.01. The summed E-state index contributed by atoms with van der Waals surface area (Å²) in [7, 11) is -3.65. The maximum Gasteiger partial charge on any atom is 0.246 e. The number of nitrogens with zero attached hydrogens (tertiary/aromatic N) is 3. The topological polar surface area (TPSA) is 98.4 Å². The highest BCUT2D eigenvalue weighted by Gasteiger charge is 2.39. The number of carbonyl (C=O) groups is 1. The smallest absolute Gasteiger partial charge is 0.246 e. The molecular formula is C17H30ClN5O3S. The zero-order valence-electron chi connectivity index (χ0n) is 16.4. The van der Waals surface area contributed by atoms with Gasteiger partial charge in [0.1, 0.15) is 4.90 Å². The summed E-state index contributed by atoms with van der Waals surface area (Å²) < 4.78 is 27.6. The average Bonchev–Trinajstić information content (AvgIpc) is 2.96. The number of piperidine rings is 1. The molecule has 3 atom stereocenters. The summed E-state index contributed by atoms with van der Waals surface area (Å²) in [5.74, 6) is -0.204. The SMILES string of the molecule is Cc1n[nH]c(C)c1S(=O)(=O)N1CCCC(C(=O)N2CCNC(C)C2C)C1.Cl. The quantitative estimate of drug-likeness (QED) is 0.763. The first-order valence-corrected chi connectivity index (χ1v) is 10.7. The van der Waals surface area contributed by atoms with Gasteiger partial charge in [-0.1, -0.05) is 0 Å². The van der Waals surface area contributed by atoms with Gasteiger partial charge < -0.3 is 10.2 Å². The van der Waals surface area contributed by atoms with Crippen molar-refractivity contribution in [1.29, 1.82) is 0 Å². The highest BCUT2D eigenvalue weighted by molar-refractivity contribution is 7.89. The summed E-state index contributed by atoms with van der Waals surface area (Å²) in [5, 5.41) is 10.1. The van der Waals surface area contributed by atoms with Crippen molar-refractivity contribution < 1.29 is 13.2 Å². The van der Waals surface area contributed by atoms with E-state index in [1.807, 2.05) is 11.8 Å². The molecule has 0 spiro atoms. The van der Waals surface area contributed by atoms with Crippen LogP contribution in [-0.4, -0.2) is 72.0 Å². The van der Waals surface area contributed by atoms with Gasteiger partial charge >= 0.3 is 0 Å². The molecule has 8 nitrogen and oxygen atoms in total. The van der Waals surface area contributed by atoms with Gasteiger partial charge in [0.2, 0.25) is 15.9 Å². The predicted molar refractivity (Wildman–Crippen MR) is 105 cm³/mol. The minimum atomic E-state index is -3.65. The lowest BCUT2D eigenvalue weighted by Crippen LogP contribution is -2.59. The molecule has 2 aliphatic heterocycles. The third kappa shape index (κ3) is 4.16. The first kappa shape index (κ1) is 22.1. The highest BCUT2D eigenvalue weighted by Crippen LogP contribution is 2.28. The lowest BCUT2D eigenvalue weighted by molar-refractivity contribution is -0.140. The second kappa shape index (κ2) is 8.46. The van der Waals surface area contributed by atoms with Crippen molar-refractivity contribution in [2.75, 3.05) is 26.2 Å². The lowest BCUT2D eigenvalue weighted by atomic mass is 9.96. The Bertz CT molecular complexity index is 762. The number of aryl methyl sites for hydroxylation is 2. The van der Waals surface area contributed by atoms with Gasteiger partial charge in [0.25, 0.3) is 0 Å². The Morgan fingerprint density at radius 1 is 1.22 bits per heavy atom. The number of sulfonamides is 1. The Kier molecular flexibility index (Phi) is 6.94. The second-order valence-corrected chi connectivity index (χ2v) is 9.36. The monoisotopic (exact) mass is 419 g/mol. The summed E-state index contributed by atoms with van der Waals surface area (Å²) >= 11 is 0. The number of amides is 1. The second-order valence-electron chi connectivity index (χ2n) is 7.48. The molecule has 0 saturated carbocycles. The molecule has 2 saturated heterocycles. The number of carbonyl (C=O) groups excluding carboxylic acids is 1. The van der Waals surface area contributed by atoms with Crippen LogP contribution in [-0.2, 0) is 14.8 Å². The largest absolute Gasteiger partial charge is 0.337 e. The first-order valence-electron chi connectivity index (χ1n) is 9.29. The van der Waals surface area contributed by atoms with Crippen molar-refractivity contribution in [3.05, 3.63) is 11.4 Å². The van der Waals surface area contributed by atoms with E-state index in [1.54, 1.807) is 13.8 Å². The van der Waals surface area contributed by atoms with Crippen molar-refractivity contribution in [3.63, 3.8) is 0 Å². The zero-order valence-corrected chi connectivity index (χ0v) is 18.0. The molecule has 0 bridgehead atoms. The fourth-order valence-corrected chi connectivity index (χ4v) is 5.87. The standard InChI is InChI=1S/C17H29N5O3S.ClH/c1-11-14(4)22(9-7-18-11)17(23)15-6-5-8-21(10-15)26(24,25)16-12(2)19-20-13(16)3;/h11,14-15,18H,5-10H2,1-4H3,(H,19,20);1H. The third-order valence-electron chi connectivity index (χ3n) is 5.71. The van der Waals surface area contributed by atoms with Gasteiger partial charge in [-0.15, -0.1) is 12.4 Å². The van der Waals surface area contributed by atoms with Crippen molar-refractivity contribution in [2.45, 2.75) is 57.5 Å². The maximum atomic E-state index is 13.1. The van der Waals surface area contributed by atoms with Crippen molar-refractivity contribution in [3.8, 4) is 0 Å². The number of nitrogens with one attached hydrogen (secondary N) is 2. The predicted octanol–water partition coefficient (Wildman–Crippen LogP) is 1.06. The molecule has 27 heavy (non-hydrogen) atoms. The molecule has 2 aliphatic rings. The van der Waals surface area contributed by atoms with Crippen LogP contribution in [0, 0.1) is 19.8 Å². The van der Waals surface area contributed by atoms with Crippen LogP contribution in [0.25, 0.3) is 0 Å². The molecule has 3 unspecified atom stereocenters. The summed E-state index contributed by atoms with van der Waals surface area (Å²) in [6.45, 7) is 9.67. The number of H-pyrrole nitrogens is 1. The van der Waals surface area contributed by atoms with Crippen LogP contribution in [0.4, 0.5) is 0 Å². The molecule has 3 rings (SSSR count). The van der Waals surface area contributed by atoms with E-state index in [1.165, 1.54) is 4.31 Å². The number of halogens is 1. The minimum Gasteiger partial charge on any atom is -0.337 e. The van der Waals surface area contributed by atoms with E-state index < -0.39 is 10.0 Å². The van der Waals surface area contributed by atoms with E-state index in [-0.39, 0.29) is 47.8 Å². The van der Waals surface area contributed by atoms with Gasteiger partial charge in [-0.05, 0) is 40.5 Å². The van der Waals surface area contributed by atoms with Crippen LogP contribution >= 0.6 is 12.4 Å². The number of hydrogen-bond donors (Lipinski definition) is 2. The van der Waals surface area contributed by atoms with Crippen LogP contribution in [0.1, 0.15) is 38.1 Å². The molecule has 2 fully saturated rings. The van der Waals surface area contributed by atoms with Crippen molar-refractivity contribution in [2.24, 2.45) is 5.92 Å². The Hall–Kier alpha value is -1.16. The summed E-state index contributed by atoms with van der Waals surface area (Å²) in [6, 6.07) is 0.356. The minimum absolute atomic E-state index is 0. The molecule has 154 valence electrons. The van der Waals surface area contributed by atoms with E-state index in [2.05, 4.69) is 22.4 Å². The maximum absolute atomic E-state index is 13.1. The molecule has 3 heterocycles. The van der Waals surface area contributed by atoms with Crippen molar-refractivity contribution in [1.82, 2.24) is 24.7 Å². The van der Waals surface area contributed by atoms with Crippen LogP contribution in [0.5, 0.6) is 0 Å². The van der Waals surface area contributed by atoms with E-state index >= 15 is 0 Å². The lowest BCUT2D eigenvalue weighted by Gasteiger charge is -2.42.